The summed E-state index contributed by atoms with van der Waals surface area (Å²) in [5.74, 6) is 0.576. The molecule has 168 valence electrons. The van der Waals surface area contributed by atoms with Gasteiger partial charge in [0.05, 0.1) is 24.7 Å². The van der Waals surface area contributed by atoms with Crippen molar-refractivity contribution in [2.24, 2.45) is 0 Å². The minimum atomic E-state index is -0.801. The lowest BCUT2D eigenvalue weighted by Gasteiger charge is -2.26. The topological polar surface area (TPSA) is 84.4 Å². The zero-order valence-corrected chi connectivity index (χ0v) is 18.5. The van der Waals surface area contributed by atoms with Crippen molar-refractivity contribution in [2.45, 2.75) is 38.2 Å². The number of aliphatic carboxylic acids is 1. The van der Waals surface area contributed by atoms with E-state index in [1.807, 2.05) is 42.6 Å². The predicted octanol–water partition coefficient (Wildman–Crippen LogP) is 5.57. The Hall–Kier alpha value is -3.80. The van der Waals surface area contributed by atoms with Crippen LogP contribution in [0.3, 0.4) is 0 Å². The molecule has 1 aliphatic heterocycles. The molecule has 0 fully saturated rings. The second-order valence-electron chi connectivity index (χ2n) is 8.60. The van der Waals surface area contributed by atoms with Gasteiger partial charge in [-0.15, -0.1) is 0 Å². The normalized spacial score (nSPS) is 16.1. The third kappa shape index (κ3) is 4.55. The molecule has 2 heterocycles. The Bertz CT molecular complexity index is 1280. The molecular formula is C27H26N2O4. The molecule has 33 heavy (non-hydrogen) atoms. The van der Waals surface area contributed by atoms with E-state index in [1.165, 1.54) is 5.56 Å². The molecule has 1 aromatic heterocycles. The van der Waals surface area contributed by atoms with Crippen molar-refractivity contribution in [1.82, 2.24) is 10.2 Å². The van der Waals surface area contributed by atoms with E-state index in [2.05, 4.69) is 41.4 Å². The second-order valence-corrected chi connectivity index (χ2v) is 8.60. The SMILES string of the molecule is Cc1cc(C(Cc2ccccc2)Oc2ccc3c(c2)C(CC(=O)O)CCO3)cc2cn[nH]c12. The second kappa shape index (κ2) is 8.98. The number of nitrogens with one attached hydrogen (secondary N) is 1. The molecule has 0 spiro atoms. The van der Waals surface area contributed by atoms with Crippen LogP contribution >= 0.6 is 0 Å². The number of carboxylic acids is 1. The van der Waals surface area contributed by atoms with Crippen LogP contribution in [0.25, 0.3) is 10.9 Å². The summed E-state index contributed by atoms with van der Waals surface area (Å²) in [6, 6.07) is 20.3. The molecule has 0 radical (unpaired) electrons. The van der Waals surface area contributed by atoms with Gasteiger partial charge in [-0.25, -0.2) is 0 Å². The van der Waals surface area contributed by atoms with E-state index in [0.717, 1.165) is 33.3 Å². The summed E-state index contributed by atoms with van der Waals surface area (Å²) in [5, 5.41) is 17.6. The maximum Gasteiger partial charge on any atom is 0.303 e. The molecule has 2 unspecified atom stereocenters. The van der Waals surface area contributed by atoms with Crippen LogP contribution < -0.4 is 9.47 Å². The van der Waals surface area contributed by atoms with Crippen molar-refractivity contribution in [2.75, 3.05) is 6.61 Å². The molecule has 2 N–H and O–H groups in total. The number of aromatic amines is 1. The zero-order chi connectivity index (χ0) is 22.8. The number of carbonyl (C=O) groups is 1. The van der Waals surface area contributed by atoms with Crippen molar-refractivity contribution in [3.8, 4) is 11.5 Å². The monoisotopic (exact) mass is 442 g/mol. The molecule has 0 saturated carbocycles. The molecule has 1 aliphatic rings. The van der Waals surface area contributed by atoms with Crippen LogP contribution in [0.5, 0.6) is 11.5 Å². The van der Waals surface area contributed by atoms with E-state index in [4.69, 9.17) is 9.47 Å². The van der Waals surface area contributed by atoms with Crippen LogP contribution in [-0.4, -0.2) is 27.9 Å². The predicted molar refractivity (Wildman–Crippen MR) is 126 cm³/mol. The van der Waals surface area contributed by atoms with Crippen LogP contribution in [0, 0.1) is 6.92 Å². The smallest absolute Gasteiger partial charge is 0.303 e. The first kappa shape index (κ1) is 21.1. The molecule has 0 bridgehead atoms. The van der Waals surface area contributed by atoms with Gasteiger partial charge in [0.25, 0.3) is 0 Å². The lowest BCUT2D eigenvalue weighted by molar-refractivity contribution is -0.137. The molecule has 4 aromatic rings. The number of aromatic nitrogens is 2. The Balaban J connectivity index is 1.50. The van der Waals surface area contributed by atoms with E-state index in [1.54, 1.807) is 0 Å². The summed E-state index contributed by atoms with van der Waals surface area (Å²) in [6.45, 7) is 2.60. The van der Waals surface area contributed by atoms with Gasteiger partial charge in [0.15, 0.2) is 0 Å². The molecular weight excluding hydrogens is 416 g/mol. The van der Waals surface area contributed by atoms with Gasteiger partial charge >= 0.3 is 5.97 Å². The van der Waals surface area contributed by atoms with E-state index < -0.39 is 5.97 Å². The van der Waals surface area contributed by atoms with Crippen molar-refractivity contribution < 1.29 is 19.4 Å². The number of H-pyrrole nitrogens is 1. The Morgan fingerprint density at radius 3 is 2.88 bits per heavy atom. The van der Waals surface area contributed by atoms with Gasteiger partial charge in [-0.1, -0.05) is 36.4 Å². The van der Waals surface area contributed by atoms with Crippen LogP contribution in [0.15, 0.2) is 66.9 Å². The third-order valence-electron chi connectivity index (χ3n) is 6.25. The highest BCUT2D eigenvalue weighted by molar-refractivity contribution is 5.82. The molecule has 5 rings (SSSR count). The van der Waals surface area contributed by atoms with Gasteiger partial charge in [-0.3, -0.25) is 9.89 Å². The number of fused-ring (bicyclic) bond motifs is 2. The number of carboxylic acid groups (broad SMARTS) is 1. The summed E-state index contributed by atoms with van der Waals surface area (Å²) in [6.07, 6.45) is 3.09. The van der Waals surface area contributed by atoms with Crippen molar-refractivity contribution in [3.05, 3.63) is 89.1 Å². The number of nitrogens with zero attached hydrogens (tertiary/aromatic N) is 1. The van der Waals surface area contributed by atoms with Gasteiger partial charge in [0.1, 0.15) is 17.6 Å². The van der Waals surface area contributed by atoms with E-state index in [0.29, 0.717) is 25.2 Å². The molecule has 0 saturated heterocycles. The number of hydrogen-bond donors (Lipinski definition) is 2. The van der Waals surface area contributed by atoms with Crippen molar-refractivity contribution in [1.29, 1.82) is 0 Å². The molecule has 0 aliphatic carbocycles. The summed E-state index contributed by atoms with van der Waals surface area (Å²) in [5.41, 5.74) is 5.29. The first-order valence-corrected chi connectivity index (χ1v) is 11.2. The van der Waals surface area contributed by atoms with E-state index in [9.17, 15) is 9.90 Å². The summed E-state index contributed by atoms with van der Waals surface area (Å²) in [7, 11) is 0. The quantitative estimate of drug-likeness (QED) is 0.391. The number of aryl methyl sites for hydroxylation is 1. The van der Waals surface area contributed by atoms with Crippen LogP contribution in [0.1, 0.15) is 47.1 Å². The standard InChI is InChI=1S/C27H26N2O4/c1-17-11-20(13-21-16-28-29-27(17)21)25(12-18-5-3-2-4-6-18)33-22-7-8-24-23(15-22)19(9-10-32-24)14-26(30)31/h2-8,11,13,15-16,19,25H,9-10,12,14H2,1H3,(H,28,29)(H,30,31). The third-order valence-corrected chi connectivity index (χ3v) is 6.25. The molecule has 0 amide bonds. The lowest BCUT2D eigenvalue weighted by Crippen LogP contribution is -2.17. The van der Waals surface area contributed by atoms with Gasteiger partial charge in [0, 0.05) is 23.3 Å². The maximum atomic E-state index is 11.4. The lowest BCUT2D eigenvalue weighted by atomic mass is 9.90. The number of benzene rings is 3. The van der Waals surface area contributed by atoms with Gasteiger partial charge in [-0.2, -0.15) is 5.10 Å². The van der Waals surface area contributed by atoms with Gasteiger partial charge < -0.3 is 14.6 Å². The van der Waals surface area contributed by atoms with E-state index >= 15 is 0 Å². The summed E-state index contributed by atoms with van der Waals surface area (Å²) >= 11 is 0. The van der Waals surface area contributed by atoms with Gasteiger partial charge in [-0.05, 0) is 54.3 Å². The molecule has 6 nitrogen and oxygen atoms in total. The largest absolute Gasteiger partial charge is 0.493 e. The highest BCUT2D eigenvalue weighted by atomic mass is 16.5. The van der Waals surface area contributed by atoms with E-state index in [-0.39, 0.29) is 18.4 Å². The highest BCUT2D eigenvalue weighted by Crippen LogP contribution is 2.39. The number of hydrogen-bond acceptors (Lipinski definition) is 4. The molecule has 2 atom stereocenters. The maximum absolute atomic E-state index is 11.4. The van der Waals surface area contributed by atoms with Gasteiger partial charge in [0.2, 0.25) is 0 Å². The fourth-order valence-electron chi connectivity index (χ4n) is 4.61. The van der Waals surface area contributed by atoms with Crippen LogP contribution in [-0.2, 0) is 11.2 Å². The Kier molecular flexibility index (Phi) is 5.73. The fourth-order valence-corrected chi connectivity index (χ4v) is 4.61. The first-order chi connectivity index (χ1) is 16.1. The Labute approximate surface area is 192 Å². The summed E-state index contributed by atoms with van der Waals surface area (Å²) < 4.78 is 12.3. The van der Waals surface area contributed by atoms with Crippen molar-refractivity contribution >= 4 is 16.9 Å². The Morgan fingerprint density at radius 1 is 1.21 bits per heavy atom. The number of ether oxygens (including phenoxy) is 2. The Morgan fingerprint density at radius 2 is 2.06 bits per heavy atom. The fraction of sp³-hybridized carbons (Fsp3) is 0.259. The van der Waals surface area contributed by atoms with Crippen molar-refractivity contribution in [3.63, 3.8) is 0 Å². The highest BCUT2D eigenvalue weighted by Gasteiger charge is 2.25. The molecule has 6 heteroatoms. The summed E-state index contributed by atoms with van der Waals surface area (Å²) in [4.78, 5) is 11.4. The minimum absolute atomic E-state index is 0.0769. The van der Waals surface area contributed by atoms with Crippen LogP contribution in [0.4, 0.5) is 0 Å². The average Bonchev–Trinajstić information content (AvgIpc) is 3.29. The number of rotatable bonds is 7. The average molecular weight is 443 g/mol. The molecule has 3 aromatic carbocycles. The first-order valence-electron chi connectivity index (χ1n) is 11.2. The zero-order valence-electron chi connectivity index (χ0n) is 18.5. The van der Waals surface area contributed by atoms with Crippen LogP contribution in [0.2, 0.25) is 0 Å². The minimum Gasteiger partial charge on any atom is -0.493 e.